The van der Waals surface area contributed by atoms with Crippen molar-refractivity contribution in [3.63, 3.8) is 0 Å². The first-order chi connectivity index (χ1) is 13.3. The highest BCUT2D eigenvalue weighted by atomic mass is 35.5. The number of likely N-dealkylation sites (N-methyl/N-ethyl adjacent to an activating group) is 1. The maximum atomic E-state index is 12.0. The normalized spacial score (nSPS) is 10.1. The van der Waals surface area contributed by atoms with Gasteiger partial charge < -0.3 is 15.0 Å². The molecule has 0 fully saturated rings. The van der Waals surface area contributed by atoms with Gasteiger partial charge in [0.1, 0.15) is 0 Å². The largest absolute Gasteiger partial charge is 0.452 e. The summed E-state index contributed by atoms with van der Waals surface area (Å²) in [6, 6.07) is 11.4. The van der Waals surface area contributed by atoms with Crippen LogP contribution in [-0.2, 0) is 14.3 Å². The zero-order chi connectivity index (χ0) is 20.7. The lowest BCUT2D eigenvalue weighted by Gasteiger charge is -2.17. The Morgan fingerprint density at radius 2 is 1.79 bits per heavy atom. The van der Waals surface area contributed by atoms with Gasteiger partial charge in [-0.25, -0.2) is 4.79 Å². The Morgan fingerprint density at radius 1 is 1.14 bits per heavy atom. The molecule has 2 amide bonds. The summed E-state index contributed by atoms with van der Waals surface area (Å²) in [5.41, 5.74) is 0.314. The Kier molecular flexibility index (Phi) is 7.05. The van der Waals surface area contributed by atoms with Gasteiger partial charge in [-0.05, 0) is 24.3 Å². The fourth-order valence-corrected chi connectivity index (χ4v) is 2.28. The zero-order valence-electron chi connectivity index (χ0n) is 14.8. The summed E-state index contributed by atoms with van der Waals surface area (Å²) in [4.78, 5) is 47.0. The number of nitro benzene ring substituents is 1. The van der Waals surface area contributed by atoms with E-state index in [-0.39, 0.29) is 17.8 Å². The second-order valence-electron chi connectivity index (χ2n) is 5.66. The van der Waals surface area contributed by atoms with Crippen molar-refractivity contribution >= 4 is 40.8 Å². The van der Waals surface area contributed by atoms with E-state index in [0.717, 1.165) is 17.0 Å². The second kappa shape index (κ2) is 9.47. The topological polar surface area (TPSA) is 119 Å². The number of halogens is 1. The Balaban J connectivity index is 1.83. The van der Waals surface area contributed by atoms with Crippen LogP contribution in [0.1, 0.15) is 10.4 Å². The minimum Gasteiger partial charge on any atom is -0.452 e. The van der Waals surface area contributed by atoms with Crippen LogP contribution in [0.2, 0.25) is 5.02 Å². The number of nitrogens with zero attached hydrogens (tertiary/aromatic N) is 2. The molecule has 0 aromatic heterocycles. The van der Waals surface area contributed by atoms with E-state index in [1.165, 1.54) is 19.2 Å². The van der Waals surface area contributed by atoms with E-state index in [9.17, 15) is 24.5 Å². The Hall–Kier alpha value is -3.46. The number of esters is 1. The molecular formula is C18H16ClN3O6. The number of anilines is 1. The van der Waals surface area contributed by atoms with E-state index in [1.807, 2.05) is 0 Å². The van der Waals surface area contributed by atoms with E-state index in [2.05, 4.69) is 5.32 Å². The number of amides is 2. The molecule has 1 N–H and O–H groups in total. The lowest BCUT2D eigenvalue weighted by atomic mass is 10.2. The summed E-state index contributed by atoms with van der Waals surface area (Å²) in [7, 11) is 1.38. The van der Waals surface area contributed by atoms with E-state index >= 15 is 0 Å². The first kappa shape index (κ1) is 20.8. The Labute approximate surface area is 165 Å². The molecule has 2 aromatic carbocycles. The van der Waals surface area contributed by atoms with Crippen LogP contribution >= 0.6 is 11.6 Å². The fourth-order valence-electron chi connectivity index (χ4n) is 2.10. The number of non-ortho nitro benzene ring substituents is 1. The van der Waals surface area contributed by atoms with E-state index in [1.54, 1.807) is 24.3 Å². The highest BCUT2D eigenvalue weighted by Crippen LogP contribution is 2.20. The predicted molar refractivity (Wildman–Crippen MR) is 101 cm³/mol. The fraction of sp³-hybridized carbons (Fsp3) is 0.167. The number of hydrogen-bond acceptors (Lipinski definition) is 6. The van der Waals surface area contributed by atoms with Gasteiger partial charge in [0, 0.05) is 19.2 Å². The molecule has 0 unspecified atom stereocenters. The minimum absolute atomic E-state index is 0.0671. The first-order valence-electron chi connectivity index (χ1n) is 7.98. The van der Waals surface area contributed by atoms with Gasteiger partial charge in [-0.1, -0.05) is 23.7 Å². The number of hydrogen-bond donors (Lipinski definition) is 1. The Morgan fingerprint density at radius 3 is 2.39 bits per heavy atom. The van der Waals surface area contributed by atoms with Crippen molar-refractivity contribution in [2.45, 2.75) is 0 Å². The number of benzene rings is 2. The van der Waals surface area contributed by atoms with E-state index in [4.69, 9.17) is 16.3 Å². The number of nitro groups is 1. The number of nitrogens with one attached hydrogen (secondary N) is 1. The third-order valence-electron chi connectivity index (χ3n) is 3.60. The SMILES string of the molecule is CN(CC(=O)Nc1ccccc1Cl)C(=O)COC(=O)c1ccc([N+](=O)[O-])cc1. The van der Waals surface area contributed by atoms with E-state index < -0.39 is 29.3 Å². The molecule has 0 saturated heterocycles. The maximum Gasteiger partial charge on any atom is 0.338 e. The van der Waals surface area contributed by atoms with Crippen LogP contribution < -0.4 is 5.32 Å². The van der Waals surface area contributed by atoms with Gasteiger partial charge in [-0.15, -0.1) is 0 Å². The second-order valence-corrected chi connectivity index (χ2v) is 6.07. The highest BCUT2D eigenvalue weighted by Gasteiger charge is 2.17. The molecule has 2 aromatic rings. The van der Waals surface area contributed by atoms with Crippen molar-refractivity contribution in [1.29, 1.82) is 0 Å². The molecule has 9 nitrogen and oxygen atoms in total. The van der Waals surface area contributed by atoms with Gasteiger partial charge in [-0.3, -0.25) is 19.7 Å². The van der Waals surface area contributed by atoms with Crippen LogP contribution in [-0.4, -0.2) is 47.8 Å². The lowest BCUT2D eigenvalue weighted by molar-refractivity contribution is -0.384. The molecule has 0 aliphatic heterocycles. The smallest absolute Gasteiger partial charge is 0.338 e. The molecule has 2 rings (SSSR count). The van der Waals surface area contributed by atoms with Crippen LogP contribution in [0.3, 0.4) is 0 Å². The summed E-state index contributed by atoms with van der Waals surface area (Å²) in [5, 5.41) is 13.5. The van der Waals surface area contributed by atoms with Gasteiger partial charge in [0.25, 0.3) is 11.6 Å². The molecule has 10 heteroatoms. The predicted octanol–water partition coefficient (Wildman–Crippen LogP) is 2.50. The van der Waals surface area contributed by atoms with Crippen LogP contribution in [0.25, 0.3) is 0 Å². The van der Waals surface area contributed by atoms with Crippen LogP contribution in [0, 0.1) is 10.1 Å². The molecule has 28 heavy (non-hydrogen) atoms. The molecule has 0 radical (unpaired) electrons. The lowest BCUT2D eigenvalue weighted by Crippen LogP contribution is -2.37. The van der Waals surface area contributed by atoms with Crippen molar-refractivity contribution in [3.8, 4) is 0 Å². The summed E-state index contributed by atoms with van der Waals surface area (Å²) >= 11 is 5.95. The third kappa shape index (κ3) is 5.78. The molecule has 0 heterocycles. The molecule has 0 saturated carbocycles. The Bertz CT molecular complexity index is 900. The molecule has 0 atom stereocenters. The van der Waals surface area contributed by atoms with Gasteiger partial charge in [0.15, 0.2) is 6.61 Å². The van der Waals surface area contributed by atoms with Gasteiger partial charge in [0.2, 0.25) is 5.91 Å². The minimum atomic E-state index is -0.808. The molecule has 146 valence electrons. The summed E-state index contributed by atoms with van der Waals surface area (Å²) in [6.07, 6.45) is 0. The third-order valence-corrected chi connectivity index (χ3v) is 3.92. The van der Waals surface area contributed by atoms with Crippen molar-refractivity contribution in [2.24, 2.45) is 0 Å². The number of para-hydroxylation sites is 1. The van der Waals surface area contributed by atoms with Crippen LogP contribution in [0.4, 0.5) is 11.4 Å². The average Bonchev–Trinajstić information content (AvgIpc) is 2.67. The molecule has 0 spiro atoms. The van der Waals surface area contributed by atoms with Crippen LogP contribution in [0.5, 0.6) is 0 Å². The maximum absolute atomic E-state index is 12.0. The monoisotopic (exact) mass is 405 g/mol. The zero-order valence-corrected chi connectivity index (χ0v) is 15.5. The van der Waals surface area contributed by atoms with Crippen molar-refractivity contribution in [1.82, 2.24) is 4.90 Å². The average molecular weight is 406 g/mol. The van der Waals surface area contributed by atoms with Gasteiger partial charge in [0.05, 0.1) is 27.7 Å². The molecule has 0 aliphatic carbocycles. The number of carbonyl (C=O) groups is 3. The van der Waals surface area contributed by atoms with Gasteiger partial charge in [-0.2, -0.15) is 0 Å². The number of rotatable bonds is 7. The van der Waals surface area contributed by atoms with Crippen molar-refractivity contribution in [3.05, 3.63) is 69.2 Å². The molecule has 0 bridgehead atoms. The first-order valence-corrected chi connectivity index (χ1v) is 8.35. The van der Waals surface area contributed by atoms with Crippen molar-refractivity contribution in [2.75, 3.05) is 25.5 Å². The summed E-state index contributed by atoms with van der Waals surface area (Å²) in [6.45, 7) is -0.842. The standard InChI is InChI=1S/C18H16ClN3O6/c1-21(10-16(23)20-15-5-3-2-4-14(15)19)17(24)11-28-18(25)12-6-8-13(9-7-12)22(26)27/h2-9H,10-11H2,1H3,(H,20,23). The van der Waals surface area contributed by atoms with E-state index in [0.29, 0.717) is 10.7 Å². The summed E-state index contributed by atoms with van der Waals surface area (Å²) in [5.74, 6) is -1.87. The quantitative estimate of drug-likeness (QED) is 0.429. The summed E-state index contributed by atoms with van der Waals surface area (Å²) < 4.78 is 4.88. The molecule has 0 aliphatic rings. The van der Waals surface area contributed by atoms with Gasteiger partial charge >= 0.3 is 5.97 Å². The van der Waals surface area contributed by atoms with Crippen molar-refractivity contribution < 1.29 is 24.0 Å². The number of carbonyl (C=O) groups excluding carboxylic acids is 3. The molecular weight excluding hydrogens is 390 g/mol. The highest BCUT2D eigenvalue weighted by molar-refractivity contribution is 6.33. The van der Waals surface area contributed by atoms with Crippen LogP contribution in [0.15, 0.2) is 48.5 Å². The number of ether oxygens (including phenoxy) is 1.